The van der Waals surface area contributed by atoms with Crippen molar-refractivity contribution in [1.29, 1.82) is 0 Å². The van der Waals surface area contributed by atoms with Crippen LogP contribution in [-0.4, -0.2) is 10.1 Å². The lowest BCUT2D eigenvalue weighted by Crippen LogP contribution is -2.42. The second-order valence-corrected chi connectivity index (χ2v) is 13.2. The van der Waals surface area contributed by atoms with E-state index >= 15 is 0 Å². The third-order valence-corrected chi connectivity index (χ3v) is 10.5. The Kier molecular flexibility index (Phi) is 4.98. The summed E-state index contributed by atoms with van der Waals surface area (Å²) in [6.07, 6.45) is 15.1. The van der Waals surface area contributed by atoms with Crippen LogP contribution in [0.25, 0.3) is 21.8 Å². The molecule has 9 rings (SSSR count). The fourth-order valence-electron chi connectivity index (χ4n) is 8.43. The Bertz CT molecular complexity index is 2050. The Morgan fingerprint density at radius 2 is 1.51 bits per heavy atom. The number of hydrogen-bond acceptors (Lipinski definition) is 2. The second kappa shape index (κ2) is 8.64. The first-order chi connectivity index (χ1) is 20.9. The van der Waals surface area contributed by atoms with E-state index in [0.717, 1.165) is 6.42 Å². The first-order valence-corrected chi connectivity index (χ1v) is 15.5. The van der Waals surface area contributed by atoms with E-state index in [1.54, 1.807) is 0 Å². The molecular weight excluding hydrogens is 522 g/mol. The van der Waals surface area contributed by atoms with Gasteiger partial charge in [-0.1, -0.05) is 105 Å². The summed E-state index contributed by atoms with van der Waals surface area (Å²) in [5, 5.41) is 6.49. The van der Waals surface area contributed by atoms with Gasteiger partial charge in [-0.3, -0.25) is 0 Å². The molecule has 2 aliphatic heterocycles. The number of nitrogens with zero attached hydrogens (tertiary/aromatic N) is 2. The minimum Gasteiger partial charge on any atom is -0.355 e. The zero-order valence-corrected chi connectivity index (χ0v) is 24.9. The van der Waals surface area contributed by atoms with Crippen LogP contribution in [0.1, 0.15) is 50.3 Å². The van der Waals surface area contributed by atoms with Crippen molar-refractivity contribution in [3.63, 3.8) is 0 Å². The van der Waals surface area contributed by atoms with Crippen molar-refractivity contribution in [2.24, 2.45) is 0 Å². The van der Waals surface area contributed by atoms with Crippen LogP contribution in [0.5, 0.6) is 0 Å². The van der Waals surface area contributed by atoms with Crippen LogP contribution in [0.15, 0.2) is 139 Å². The molecule has 3 nitrogen and oxygen atoms in total. The molecule has 0 bridgehead atoms. The molecular formula is C40H35N3. The maximum absolute atomic E-state index is 3.84. The van der Waals surface area contributed by atoms with Crippen molar-refractivity contribution in [2.45, 2.75) is 50.1 Å². The van der Waals surface area contributed by atoms with Crippen LogP contribution in [0.3, 0.4) is 0 Å². The van der Waals surface area contributed by atoms with Gasteiger partial charge >= 0.3 is 0 Å². The molecule has 1 N–H and O–H groups in total. The van der Waals surface area contributed by atoms with E-state index in [2.05, 4.69) is 163 Å². The predicted octanol–water partition coefficient (Wildman–Crippen LogP) is 10.1. The molecule has 0 spiro atoms. The summed E-state index contributed by atoms with van der Waals surface area (Å²) in [6, 6.07) is 33.9. The molecule has 3 unspecified atom stereocenters. The van der Waals surface area contributed by atoms with Gasteiger partial charge in [0.05, 0.1) is 11.6 Å². The van der Waals surface area contributed by atoms with E-state index in [9.17, 15) is 0 Å². The molecule has 3 heterocycles. The molecule has 0 amide bonds. The van der Waals surface area contributed by atoms with Gasteiger partial charge in [0.15, 0.2) is 0 Å². The molecule has 3 heteroatoms. The first kappa shape index (κ1) is 24.8. The molecule has 210 valence electrons. The van der Waals surface area contributed by atoms with E-state index in [4.69, 9.17) is 0 Å². The molecule has 0 saturated heterocycles. The summed E-state index contributed by atoms with van der Waals surface area (Å²) in [4.78, 5) is 2.56. The predicted molar refractivity (Wildman–Crippen MR) is 180 cm³/mol. The highest BCUT2D eigenvalue weighted by Crippen LogP contribution is 2.55. The van der Waals surface area contributed by atoms with Crippen molar-refractivity contribution >= 4 is 38.9 Å². The quantitative estimate of drug-likeness (QED) is 0.233. The van der Waals surface area contributed by atoms with Crippen molar-refractivity contribution < 1.29 is 0 Å². The molecule has 4 aromatic carbocycles. The summed E-state index contributed by atoms with van der Waals surface area (Å²) in [5.74, 6) is 0.332. The monoisotopic (exact) mass is 557 g/mol. The zero-order valence-electron chi connectivity index (χ0n) is 24.9. The normalized spacial score (nSPS) is 24.6. The van der Waals surface area contributed by atoms with Gasteiger partial charge in [0, 0.05) is 55.9 Å². The van der Waals surface area contributed by atoms with Crippen LogP contribution in [-0.2, 0) is 5.41 Å². The third kappa shape index (κ3) is 3.31. The van der Waals surface area contributed by atoms with E-state index in [1.165, 1.54) is 61.3 Å². The highest BCUT2D eigenvalue weighted by Gasteiger charge is 2.47. The average Bonchev–Trinajstić information content (AvgIpc) is 3.50. The fraction of sp³-hybridized carbons (Fsp3) is 0.200. The largest absolute Gasteiger partial charge is 0.355 e. The summed E-state index contributed by atoms with van der Waals surface area (Å²) in [5.41, 5.74) is 11.4. The number of rotatable bonds is 2. The number of anilines is 3. The molecule has 43 heavy (non-hydrogen) atoms. The van der Waals surface area contributed by atoms with E-state index in [1.807, 2.05) is 0 Å². The van der Waals surface area contributed by atoms with Gasteiger partial charge in [0.25, 0.3) is 0 Å². The van der Waals surface area contributed by atoms with Crippen LogP contribution in [0.4, 0.5) is 17.1 Å². The lowest BCUT2D eigenvalue weighted by molar-refractivity contribution is 0.540. The van der Waals surface area contributed by atoms with Gasteiger partial charge in [0.2, 0.25) is 0 Å². The SMILES string of the molecule is CC1(C)C2=CC(n3c4ccccc4c4ccccc43)CC=C2Nc2ccc(N3c4ccccc4C4C=CC=CC43C)cc21. The van der Waals surface area contributed by atoms with E-state index < -0.39 is 0 Å². The first-order valence-electron chi connectivity index (χ1n) is 15.5. The van der Waals surface area contributed by atoms with Gasteiger partial charge < -0.3 is 14.8 Å². The van der Waals surface area contributed by atoms with Gasteiger partial charge in [-0.2, -0.15) is 0 Å². The summed E-state index contributed by atoms with van der Waals surface area (Å²) >= 11 is 0. The molecule has 0 fully saturated rings. The van der Waals surface area contributed by atoms with Crippen LogP contribution < -0.4 is 10.2 Å². The maximum Gasteiger partial charge on any atom is 0.0712 e. The summed E-state index contributed by atoms with van der Waals surface area (Å²) < 4.78 is 2.55. The highest BCUT2D eigenvalue weighted by molar-refractivity contribution is 6.08. The zero-order chi connectivity index (χ0) is 28.9. The van der Waals surface area contributed by atoms with Crippen LogP contribution >= 0.6 is 0 Å². The molecule has 2 aliphatic carbocycles. The average molecular weight is 558 g/mol. The summed E-state index contributed by atoms with van der Waals surface area (Å²) in [6.45, 7) is 7.17. The number of para-hydroxylation sites is 3. The molecule has 1 aromatic heterocycles. The van der Waals surface area contributed by atoms with Crippen molar-refractivity contribution in [3.8, 4) is 0 Å². The van der Waals surface area contributed by atoms with Crippen LogP contribution in [0, 0.1) is 0 Å². The minimum atomic E-state index is -0.165. The maximum atomic E-state index is 3.84. The summed E-state index contributed by atoms with van der Waals surface area (Å²) in [7, 11) is 0. The third-order valence-electron chi connectivity index (χ3n) is 10.5. The number of nitrogens with one attached hydrogen (secondary N) is 1. The van der Waals surface area contributed by atoms with Gasteiger partial charge in [-0.05, 0) is 66.4 Å². The lowest BCUT2D eigenvalue weighted by Gasteiger charge is -2.43. The fourth-order valence-corrected chi connectivity index (χ4v) is 8.43. The van der Waals surface area contributed by atoms with Gasteiger partial charge in [0.1, 0.15) is 0 Å². The lowest BCUT2D eigenvalue weighted by atomic mass is 9.70. The Balaban J connectivity index is 1.17. The molecule has 3 atom stereocenters. The Morgan fingerprint density at radius 1 is 0.791 bits per heavy atom. The second-order valence-electron chi connectivity index (χ2n) is 13.2. The number of hydrogen-bond donors (Lipinski definition) is 1. The Hall–Kier alpha value is -4.76. The van der Waals surface area contributed by atoms with Crippen LogP contribution in [0.2, 0.25) is 0 Å². The topological polar surface area (TPSA) is 20.2 Å². The highest BCUT2D eigenvalue weighted by atomic mass is 15.2. The number of allylic oxidation sites excluding steroid dienone is 5. The van der Waals surface area contributed by atoms with Gasteiger partial charge in [-0.25, -0.2) is 0 Å². The van der Waals surface area contributed by atoms with E-state index in [0.29, 0.717) is 5.92 Å². The standard InChI is InChI=1S/C40H35N3/c1-39(2)32-24-26(42-36-16-7-4-12-28(36)29-13-5-8-17-37(29)42)19-21-34(32)41-35-22-20-27(25-33(35)39)43-38-18-9-6-14-30(38)31-15-10-11-23-40(31,43)3/h4-18,20-26,31,41H,19H2,1-3H3. The Labute approximate surface area is 253 Å². The smallest absolute Gasteiger partial charge is 0.0712 e. The molecule has 0 saturated carbocycles. The molecule has 4 aliphatic rings. The molecule has 0 radical (unpaired) electrons. The number of benzene rings is 4. The van der Waals surface area contributed by atoms with E-state index in [-0.39, 0.29) is 17.0 Å². The number of aromatic nitrogens is 1. The van der Waals surface area contributed by atoms with Crippen molar-refractivity contribution in [1.82, 2.24) is 4.57 Å². The minimum absolute atomic E-state index is 0.143. The Morgan fingerprint density at radius 3 is 2.30 bits per heavy atom. The van der Waals surface area contributed by atoms with Crippen molar-refractivity contribution in [2.75, 3.05) is 10.2 Å². The molecule has 5 aromatic rings. The number of fused-ring (bicyclic) bond motifs is 8. The van der Waals surface area contributed by atoms with Gasteiger partial charge in [-0.15, -0.1) is 0 Å². The van der Waals surface area contributed by atoms with Crippen molar-refractivity contribution in [3.05, 3.63) is 150 Å².